The van der Waals surface area contributed by atoms with E-state index in [0.717, 1.165) is 0 Å². The highest BCUT2D eigenvalue weighted by Gasteiger charge is 2.63. The predicted molar refractivity (Wildman–Crippen MR) is 59.7 cm³/mol. The summed E-state index contributed by atoms with van der Waals surface area (Å²) in [7, 11) is 1.36. The van der Waals surface area contributed by atoms with Gasteiger partial charge in [0, 0.05) is 12.5 Å². The Balaban J connectivity index is 2.02. The van der Waals surface area contributed by atoms with E-state index in [1.807, 2.05) is 13.8 Å². The Bertz CT molecular complexity index is 388. The fourth-order valence-corrected chi connectivity index (χ4v) is 2.80. The van der Waals surface area contributed by atoms with Crippen LogP contribution >= 0.6 is 0 Å². The summed E-state index contributed by atoms with van der Waals surface area (Å²) in [5, 5.41) is 11.3. The van der Waals surface area contributed by atoms with E-state index in [9.17, 15) is 14.8 Å². The van der Waals surface area contributed by atoms with Crippen LogP contribution in [0.4, 0.5) is 0 Å². The molecule has 0 aromatic carbocycles. The molecule has 0 aromatic heterocycles. The second-order valence-corrected chi connectivity index (χ2v) is 5.36. The average molecular weight is 239 g/mol. The highest BCUT2D eigenvalue weighted by atomic mass is 16.5. The maximum atomic E-state index is 11.5. The predicted octanol–water partition coefficient (Wildman–Crippen LogP) is -0.331. The summed E-state index contributed by atoms with van der Waals surface area (Å²) in [5.74, 6) is -0.506. The molecule has 1 aliphatic carbocycles. The Hall–Kier alpha value is -1.20. The largest absolute Gasteiger partial charge is 0.629 e. The molecule has 0 spiro atoms. The minimum Gasteiger partial charge on any atom is -0.629 e. The SMILES string of the molecule is COC(=O)C1C(CC2C(=O)C=C[NH+]2[O-])C1(C)C. The molecule has 0 aromatic rings. The molecule has 5 heteroatoms. The quantitative estimate of drug-likeness (QED) is 0.541. The summed E-state index contributed by atoms with van der Waals surface area (Å²) < 4.78 is 4.73. The highest BCUT2D eigenvalue weighted by Crippen LogP contribution is 2.60. The fourth-order valence-electron chi connectivity index (χ4n) is 2.80. The van der Waals surface area contributed by atoms with Crippen molar-refractivity contribution in [1.29, 1.82) is 0 Å². The van der Waals surface area contributed by atoms with E-state index < -0.39 is 6.04 Å². The minimum atomic E-state index is -0.575. The topological polar surface area (TPSA) is 70.9 Å². The second-order valence-electron chi connectivity index (χ2n) is 5.36. The van der Waals surface area contributed by atoms with Gasteiger partial charge in [0.2, 0.25) is 5.78 Å². The zero-order valence-electron chi connectivity index (χ0n) is 10.2. The molecule has 1 heterocycles. The maximum absolute atomic E-state index is 11.5. The third kappa shape index (κ3) is 1.89. The van der Waals surface area contributed by atoms with Gasteiger partial charge in [-0.15, -0.1) is 0 Å². The van der Waals surface area contributed by atoms with Gasteiger partial charge in [0.15, 0.2) is 6.04 Å². The van der Waals surface area contributed by atoms with Gasteiger partial charge in [-0.05, 0) is 11.3 Å². The Labute approximate surface area is 100.0 Å². The first kappa shape index (κ1) is 12.3. The van der Waals surface area contributed by atoms with Crippen molar-refractivity contribution in [3.63, 3.8) is 0 Å². The molecule has 94 valence electrons. The van der Waals surface area contributed by atoms with E-state index in [2.05, 4.69) is 0 Å². The van der Waals surface area contributed by atoms with Gasteiger partial charge in [-0.3, -0.25) is 9.59 Å². The first-order valence-electron chi connectivity index (χ1n) is 5.73. The summed E-state index contributed by atoms with van der Waals surface area (Å²) >= 11 is 0. The molecule has 1 aliphatic heterocycles. The molecule has 5 nitrogen and oxygen atoms in total. The van der Waals surface area contributed by atoms with Crippen LogP contribution in [0.5, 0.6) is 0 Å². The van der Waals surface area contributed by atoms with Crippen LogP contribution < -0.4 is 5.06 Å². The summed E-state index contributed by atoms with van der Waals surface area (Å²) in [5.41, 5.74) is -0.170. The number of ether oxygens (including phenoxy) is 1. The fraction of sp³-hybridized carbons (Fsp3) is 0.667. The van der Waals surface area contributed by atoms with Crippen LogP contribution in [-0.2, 0) is 14.3 Å². The van der Waals surface area contributed by atoms with Crippen LogP contribution in [0.25, 0.3) is 0 Å². The van der Waals surface area contributed by atoms with Crippen molar-refractivity contribution in [3.05, 3.63) is 17.5 Å². The van der Waals surface area contributed by atoms with Gasteiger partial charge in [-0.25, -0.2) is 0 Å². The second kappa shape index (κ2) is 3.92. The Morgan fingerprint density at radius 2 is 2.24 bits per heavy atom. The van der Waals surface area contributed by atoms with E-state index >= 15 is 0 Å². The molecule has 1 fully saturated rings. The molecular formula is C12H17NO4. The maximum Gasteiger partial charge on any atom is 0.309 e. The lowest BCUT2D eigenvalue weighted by molar-refractivity contribution is -0.806. The summed E-state index contributed by atoms with van der Waals surface area (Å²) in [4.78, 5) is 23.0. The zero-order valence-corrected chi connectivity index (χ0v) is 10.2. The molecule has 1 saturated carbocycles. The van der Waals surface area contributed by atoms with Crippen molar-refractivity contribution in [3.8, 4) is 0 Å². The van der Waals surface area contributed by atoms with Crippen molar-refractivity contribution in [2.24, 2.45) is 17.3 Å². The monoisotopic (exact) mass is 239 g/mol. The number of esters is 1. The molecule has 0 bridgehead atoms. The van der Waals surface area contributed by atoms with Crippen LogP contribution in [-0.4, -0.2) is 24.9 Å². The number of carbonyl (C=O) groups is 2. The van der Waals surface area contributed by atoms with Crippen molar-refractivity contribution in [2.75, 3.05) is 7.11 Å². The van der Waals surface area contributed by atoms with Gasteiger partial charge in [0.1, 0.15) is 0 Å². The van der Waals surface area contributed by atoms with Crippen molar-refractivity contribution >= 4 is 11.8 Å². The van der Waals surface area contributed by atoms with Crippen LogP contribution in [0.2, 0.25) is 0 Å². The van der Waals surface area contributed by atoms with Crippen LogP contribution in [0.1, 0.15) is 20.3 Å². The van der Waals surface area contributed by atoms with E-state index in [-0.39, 0.29) is 34.1 Å². The summed E-state index contributed by atoms with van der Waals surface area (Å²) in [6.45, 7) is 3.94. The van der Waals surface area contributed by atoms with Gasteiger partial charge in [0.05, 0.1) is 19.2 Å². The zero-order chi connectivity index (χ0) is 12.8. The molecular weight excluding hydrogens is 222 g/mol. The molecule has 0 radical (unpaired) electrons. The van der Waals surface area contributed by atoms with Crippen molar-refractivity contribution < 1.29 is 19.4 Å². The Morgan fingerprint density at radius 3 is 2.71 bits per heavy atom. The van der Waals surface area contributed by atoms with Crippen LogP contribution in [0, 0.1) is 22.5 Å². The minimum absolute atomic E-state index is 0.0627. The summed E-state index contributed by atoms with van der Waals surface area (Å²) in [6, 6.07) is -0.575. The number of rotatable bonds is 3. The number of nitrogens with one attached hydrogen (secondary N) is 1. The standard InChI is InChI=1S/C12H17NO4/c1-12(2)7(10(12)11(15)17-3)6-8-9(14)4-5-13(8)16/h4-5,7-8,10,13H,6H2,1-3H3. The number of hydrogen-bond acceptors (Lipinski definition) is 4. The number of carbonyl (C=O) groups excluding carboxylic acids is 2. The first-order valence-corrected chi connectivity index (χ1v) is 5.73. The average Bonchev–Trinajstić information content (AvgIpc) is 2.67. The first-order chi connectivity index (χ1) is 7.89. The Morgan fingerprint density at radius 1 is 1.59 bits per heavy atom. The lowest BCUT2D eigenvalue weighted by Crippen LogP contribution is -3.06. The molecule has 4 atom stereocenters. The summed E-state index contributed by atoms with van der Waals surface area (Å²) in [6.07, 6.45) is 3.11. The number of hydrogen-bond donors (Lipinski definition) is 1. The molecule has 1 N–H and O–H groups in total. The van der Waals surface area contributed by atoms with E-state index in [1.165, 1.54) is 19.4 Å². The van der Waals surface area contributed by atoms with Crippen molar-refractivity contribution in [1.82, 2.24) is 0 Å². The normalized spacial score (nSPS) is 38.2. The van der Waals surface area contributed by atoms with Crippen molar-refractivity contribution in [2.45, 2.75) is 26.3 Å². The van der Waals surface area contributed by atoms with Gasteiger partial charge in [0.25, 0.3) is 0 Å². The lowest BCUT2D eigenvalue weighted by Gasteiger charge is -2.21. The highest BCUT2D eigenvalue weighted by molar-refractivity contribution is 5.94. The van der Waals surface area contributed by atoms with Crippen LogP contribution in [0.15, 0.2) is 12.3 Å². The van der Waals surface area contributed by atoms with Gasteiger partial charge < -0.3 is 15.0 Å². The van der Waals surface area contributed by atoms with E-state index in [0.29, 0.717) is 6.42 Å². The molecule has 0 saturated heterocycles. The molecule has 0 amide bonds. The van der Waals surface area contributed by atoms with E-state index in [1.54, 1.807) is 0 Å². The van der Waals surface area contributed by atoms with Gasteiger partial charge in [-0.1, -0.05) is 13.8 Å². The number of methoxy groups -OCH3 is 1. The van der Waals surface area contributed by atoms with E-state index in [4.69, 9.17) is 4.74 Å². The Kier molecular flexibility index (Phi) is 2.83. The van der Waals surface area contributed by atoms with Gasteiger partial charge >= 0.3 is 5.97 Å². The number of quaternary nitrogens is 1. The van der Waals surface area contributed by atoms with Gasteiger partial charge in [-0.2, -0.15) is 0 Å². The third-order valence-corrected chi connectivity index (χ3v) is 4.09. The molecule has 2 aliphatic rings. The molecule has 4 unspecified atom stereocenters. The third-order valence-electron chi connectivity index (χ3n) is 4.09. The lowest BCUT2D eigenvalue weighted by atomic mass is 10.0. The number of ketones is 1. The smallest absolute Gasteiger partial charge is 0.309 e. The number of hydroxylamine groups is 2. The van der Waals surface area contributed by atoms with Crippen LogP contribution in [0.3, 0.4) is 0 Å². The molecule has 2 rings (SSSR count). The molecule has 17 heavy (non-hydrogen) atoms.